The third-order valence-electron chi connectivity index (χ3n) is 4.25. The highest BCUT2D eigenvalue weighted by Gasteiger charge is 2.19. The number of H-pyrrole nitrogens is 1. The van der Waals surface area contributed by atoms with Gasteiger partial charge in [-0.25, -0.2) is 0 Å². The van der Waals surface area contributed by atoms with Crippen LogP contribution in [0, 0.1) is 12.4 Å². The molecular formula is C18H17N3O2. The summed E-state index contributed by atoms with van der Waals surface area (Å²) in [6.07, 6.45) is 7.91. The van der Waals surface area contributed by atoms with E-state index in [0.29, 0.717) is 6.54 Å². The molecule has 1 aliphatic rings. The number of aromatic nitrogens is 2. The van der Waals surface area contributed by atoms with Crippen molar-refractivity contribution in [3.05, 3.63) is 58.1 Å². The van der Waals surface area contributed by atoms with E-state index in [1.165, 1.54) is 0 Å². The normalized spacial score (nSPS) is 13.6. The standard InChI is InChI=1S/C18H17N3O2/c1-23-15-10-12(11-21-7-2-3-8-21)9-14-16(15)17-13(18(22)20-14)5-4-6-19-17/h2-3,9-10,19H,4-6,11H2,1H3,(H,20,22). The summed E-state index contributed by atoms with van der Waals surface area (Å²) in [6, 6.07) is 7.65. The van der Waals surface area contributed by atoms with E-state index < -0.39 is 0 Å². The maximum absolute atomic E-state index is 12.4. The van der Waals surface area contributed by atoms with E-state index in [0.717, 1.165) is 52.9 Å². The number of aromatic amines is 1. The highest BCUT2D eigenvalue weighted by atomic mass is 16.5. The average Bonchev–Trinajstić information content (AvgIpc) is 3.07. The number of methoxy groups -OCH3 is 1. The number of fused-ring (bicyclic) bond motifs is 3. The molecule has 2 N–H and O–H groups in total. The van der Waals surface area contributed by atoms with Crippen LogP contribution in [0.3, 0.4) is 0 Å². The number of hydrogen-bond acceptors (Lipinski definition) is 3. The minimum atomic E-state index is -0.0157. The first-order valence-corrected chi connectivity index (χ1v) is 7.71. The van der Waals surface area contributed by atoms with Crippen LogP contribution in [0.4, 0.5) is 5.69 Å². The van der Waals surface area contributed by atoms with Crippen LogP contribution in [0.2, 0.25) is 0 Å². The van der Waals surface area contributed by atoms with Gasteiger partial charge in [0, 0.05) is 18.7 Å². The fourth-order valence-electron chi connectivity index (χ4n) is 3.22. The van der Waals surface area contributed by atoms with Crippen molar-refractivity contribution in [2.45, 2.75) is 19.4 Å². The molecule has 0 unspecified atom stereocenters. The van der Waals surface area contributed by atoms with Crippen molar-refractivity contribution in [2.24, 2.45) is 0 Å². The van der Waals surface area contributed by atoms with Gasteiger partial charge in [-0.1, -0.05) is 0 Å². The molecule has 0 saturated carbocycles. The predicted octanol–water partition coefficient (Wildman–Crippen LogP) is 2.34. The zero-order valence-electron chi connectivity index (χ0n) is 12.9. The summed E-state index contributed by atoms with van der Waals surface area (Å²) in [5.74, 6) is 0.770. The highest BCUT2D eigenvalue weighted by molar-refractivity contribution is 5.98. The van der Waals surface area contributed by atoms with E-state index in [1.807, 2.05) is 28.8 Å². The Labute approximate surface area is 133 Å². The van der Waals surface area contributed by atoms with Crippen LogP contribution in [-0.4, -0.2) is 23.2 Å². The zero-order chi connectivity index (χ0) is 15.8. The molecule has 0 atom stereocenters. The topological polar surface area (TPSA) is 59.0 Å². The van der Waals surface area contributed by atoms with E-state index in [2.05, 4.69) is 22.7 Å². The third-order valence-corrected chi connectivity index (χ3v) is 4.25. The number of rotatable bonds is 3. The van der Waals surface area contributed by atoms with Gasteiger partial charge < -0.3 is 19.6 Å². The first kappa shape index (κ1) is 13.9. The zero-order valence-corrected chi connectivity index (χ0v) is 12.9. The van der Waals surface area contributed by atoms with Gasteiger partial charge in [-0.3, -0.25) is 4.79 Å². The minimum absolute atomic E-state index is 0.0157. The molecule has 0 bridgehead atoms. The lowest BCUT2D eigenvalue weighted by molar-refractivity contribution is 0.419. The number of nitrogens with one attached hydrogen (secondary N) is 2. The van der Waals surface area contributed by atoms with Crippen LogP contribution < -0.4 is 15.6 Å². The van der Waals surface area contributed by atoms with E-state index in [4.69, 9.17) is 4.74 Å². The van der Waals surface area contributed by atoms with Crippen LogP contribution in [0.15, 0.2) is 29.1 Å². The SMILES string of the molecule is COc1cc(Cn2[c]cc[c]2)cc2[nH]c(=O)c3c(c12)NCCC3. The Morgan fingerprint density at radius 2 is 2.13 bits per heavy atom. The summed E-state index contributed by atoms with van der Waals surface area (Å²) < 4.78 is 7.44. The number of hydrogen-bond donors (Lipinski definition) is 2. The molecule has 4 rings (SSSR count). The highest BCUT2D eigenvalue weighted by Crippen LogP contribution is 2.35. The lowest BCUT2D eigenvalue weighted by Gasteiger charge is -2.21. The second-order valence-corrected chi connectivity index (χ2v) is 5.74. The van der Waals surface area contributed by atoms with E-state index in [-0.39, 0.29) is 5.56 Å². The molecule has 2 aromatic heterocycles. The van der Waals surface area contributed by atoms with Crippen LogP contribution in [0.5, 0.6) is 5.75 Å². The van der Waals surface area contributed by atoms with E-state index in [1.54, 1.807) is 7.11 Å². The summed E-state index contributed by atoms with van der Waals surface area (Å²) >= 11 is 0. The fourth-order valence-corrected chi connectivity index (χ4v) is 3.22. The lowest BCUT2D eigenvalue weighted by Crippen LogP contribution is -2.22. The van der Waals surface area contributed by atoms with Gasteiger partial charge in [0.15, 0.2) is 0 Å². The maximum atomic E-state index is 12.4. The molecule has 0 aliphatic carbocycles. The van der Waals surface area contributed by atoms with Crippen molar-refractivity contribution < 1.29 is 4.74 Å². The molecule has 116 valence electrons. The first-order valence-electron chi connectivity index (χ1n) is 7.71. The molecule has 2 radical (unpaired) electrons. The monoisotopic (exact) mass is 307 g/mol. The van der Waals surface area contributed by atoms with Gasteiger partial charge in [-0.15, -0.1) is 0 Å². The van der Waals surface area contributed by atoms with Crippen molar-refractivity contribution in [3.63, 3.8) is 0 Å². The number of benzene rings is 1. The molecule has 23 heavy (non-hydrogen) atoms. The van der Waals surface area contributed by atoms with Gasteiger partial charge in [0.2, 0.25) is 0 Å². The number of pyridine rings is 1. The van der Waals surface area contributed by atoms with Crippen molar-refractivity contribution in [2.75, 3.05) is 19.0 Å². The number of nitrogens with zero attached hydrogens (tertiary/aromatic N) is 1. The Morgan fingerprint density at radius 3 is 2.91 bits per heavy atom. The summed E-state index contributed by atoms with van der Waals surface area (Å²) in [5.41, 5.74) is 3.55. The summed E-state index contributed by atoms with van der Waals surface area (Å²) in [7, 11) is 1.66. The number of anilines is 1. The average molecular weight is 307 g/mol. The fraction of sp³-hybridized carbons (Fsp3) is 0.278. The van der Waals surface area contributed by atoms with Gasteiger partial charge >= 0.3 is 0 Å². The molecule has 0 spiro atoms. The Morgan fingerprint density at radius 1 is 1.30 bits per heavy atom. The Balaban J connectivity index is 1.92. The lowest BCUT2D eigenvalue weighted by atomic mass is 10.00. The van der Waals surface area contributed by atoms with Crippen molar-refractivity contribution in [3.8, 4) is 5.75 Å². The molecule has 0 amide bonds. The molecule has 1 aromatic carbocycles. The Hall–Kier alpha value is -2.69. The van der Waals surface area contributed by atoms with Crippen LogP contribution in [-0.2, 0) is 13.0 Å². The molecule has 5 heteroatoms. The van der Waals surface area contributed by atoms with Crippen molar-refractivity contribution >= 4 is 16.6 Å². The largest absolute Gasteiger partial charge is 0.496 e. The van der Waals surface area contributed by atoms with Crippen molar-refractivity contribution in [1.29, 1.82) is 0 Å². The Kier molecular flexibility index (Phi) is 3.33. The van der Waals surface area contributed by atoms with Crippen LogP contribution >= 0.6 is 0 Å². The summed E-state index contributed by atoms with van der Waals surface area (Å²) in [4.78, 5) is 15.4. The quantitative estimate of drug-likeness (QED) is 0.781. The molecule has 0 fully saturated rings. The minimum Gasteiger partial charge on any atom is -0.496 e. The van der Waals surface area contributed by atoms with Gasteiger partial charge in [0.1, 0.15) is 5.75 Å². The Bertz CT molecular complexity index is 910. The molecular weight excluding hydrogens is 290 g/mol. The van der Waals surface area contributed by atoms with Crippen molar-refractivity contribution in [1.82, 2.24) is 9.55 Å². The van der Waals surface area contributed by atoms with E-state index >= 15 is 0 Å². The molecule has 3 heterocycles. The second-order valence-electron chi connectivity index (χ2n) is 5.74. The second kappa shape index (κ2) is 5.50. The van der Waals surface area contributed by atoms with E-state index in [9.17, 15) is 4.79 Å². The molecule has 0 saturated heterocycles. The summed E-state index contributed by atoms with van der Waals surface area (Å²) in [5, 5.41) is 4.32. The molecule has 1 aliphatic heterocycles. The van der Waals surface area contributed by atoms with Gasteiger partial charge in [-0.2, -0.15) is 0 Å². The van der Waals surface area contributed by atoms with Gasteiger partial charge in [0.25, 0.3) is 5.56 Å². The first-order chi connectivity index (χ1) is 11.3. The third kappa shape index (κ3) is 2.38. The van der Waals surface area contributed by atoms with Crippen LogP contribution in [0.25, 0.3) is 10.9 Å². The smallest absolute Gasteiger partial charge is 0.253 e. The molecule has 5 nitrogen and oxygen atoms in total. The predicted molar refractivity (Wildman–Crippen MR) is 89.1 cm³/mol. The molecule has 3 aromatic rings. The van der Waals surface area contributed by atoms with Crippen LogP contribution in [0.1, 0.15) is 17.5 Å². The number of ether oxygens (including phenoxy) is 1. The van der Waals surface area contributed by atoms with Gasteiger partial charge in [0.05, 0.1) is 36.1 Å². The summed E-state index contributed by atoms with van der Waals surface area (Å²) in [6.45, 7) is 1.51. The maximum Gasteiger partial charge on any atom is 0.253 e. The van der Waals surface area contributed by atoms with Gasteiger partial charge in [-0.05, 0) is 42.7 Å².